The molecule has 2 nitrogen and oxygen atoms in total. The molecule has 1 aliphatic heterocycles. The minimum Gasteiger partial charge on any atom is -0.313 e. The molecule has 0 amide bonds. The molecule has 0 saturated carbocycles. The Kier molecular flexibility index (Phi) is 5.87. The van der Waals surface area contributed by atoms with Crippen molar-refractivity contribution in [2.75, 3.05) is 13.1 Å². The lowest BCUT2D eigenvalue weighted by atomic mass is 10.1. The van der Waals surface area contributed by atoms with Crippen molar-refractivity contribution in [3.8, 4) is 0 Å². The lowest BCUT2D eigenvalue weighted by Crippen LogP contribution is -2.28. The Bertz CT molecular complexity index is 375. The quantitative estimate of drug-likeness (QED) is 0.754. The Morgan fingerprint density at radius 2 is 2.11 bits per heavy atom. The monoisotopic (exact) mass is 260 g/mol. The second kappa shape index (κ2) is 7.66. The molecule has 1 saturated heterocycles. The fourth-order valence-electron chi connectivity index (χ4n) is 3.05. The van der Waals surface area contributed by atoms with Gasteiger partial charge in [0.1, 0.15) is 0 Å². The molecule has 1 fully saturated rings. The lowest BCUT2D eigenvalue weighted by molar-refractivity contribution is 0.240. The highest BCUT2D eigenvalue weighted by Crippen LogP contribution is 2.22. The van der Waals surface area contributed by atoms with Crippen LogP contribution in [0, 0.1) is 0 Å². The molecule has 2 heteroatoms. The molecule has 0 radical (unpaired) electrons. The Morgan fingerprint density at radius 3 is 2.89 bits per heavy atom. The van der Waals surface area contributed by atoms with E-state index in [4.69, 9.17) is 0 Å². The van der Waals surface area contributed by atoms with Gasteiger partial charge in [-0.25, -0.2) is 0 Å². The van der Waals surface area contributed by atoms with Crippen LogP contribution in [0.25, 0.3) is 0 Å². The van der Waals surface area contributed by atoms with Crippen LogP contribution >= 0.6 is 0 Å². The first kappa shape index (κ1) is 14.5. The summed E-state index contributed by atoms with van der Waals surface area (Å²) < 4.78 is 0. The van der Waals surface area contributed by atoms with Crippen molar-refractivity contribution in [2.24, 2.45) is 0 Å². The molecule has 1 heterocycles. The SMILES string of the molecule is CCCNCc1cccc(CN2CCCC2CC)c1. The van der Waals surface area contributed by atoms with Crippen molar-refractivity contribution in [3.63, 3.8) is 0 Å². The van der Waals surface area contributed by atoms with Crippen LogP contribution in [0.1, 0.15) is 50.7 Å². The average molecular weight is 260 g/mol. The fourth-order valence-corrected chi connectivity index (χ4v) is 3.05. The third kappa shape index (κ3) is 4.32. The average Bonchev–Trinajstić information content (AvgIpc) is 2.87. The van der Waals surface area contributed by atoms with Crippen LogP contribution in [0.3, 0.4) is 0 Å². The molecule has 106 valence electrons. The molecule has 1 atom stereocenters. The van der Waals surface area contributed by atoms with Crippen molar-refractivity contribution >= 4 is 0 Å². The van der Waals surface area contributed by atoms with Gasteiger partial charge in [0.05, 0.1) is 0 Å². The van der Waals surface area contributed by atoms with Crippen LogP contribution in [0.15, 0.2) is 24.3 Å². The predicted molar refractivity (Wildman–Crippen MR) is 82.2 cm³/mol. The highest BCUT2D eigenvalue weighted by atomic mass is 15.2. The summed E-state index contributed by atoms with van der Waals surface area (Å²) in [7, 11) is 0. The van der Waals surface area contributed by atoms with E-state index in [-0.39, 0.29) is 0 Å². The molecule has 1 N–H and O–H groups in total. The molecular formula is C17H28N2. The van der Waals surface area contributed by atoms with E-state index in [1.165, 1.54) is 43.4 Å². The maximum atomic E-state index is 3.48. The molecule has 1 aromatic carbocycles. The summed E-state index contributed by atoms with van der Waals surface area (Å²) in [5, 5.41) is 3.48. The van der Waals surface area contributed by atoms with Gasteiger partial charge >= 0.3 is 0 Å². The number of benzene rings is 1. The Balaban J connectivity index is 1.91. The molecule has 1 aliphatic rings. The van der Waals surface area contributed by atoms with Crippen molar-refractivity contribution in [1.82, 2.24) is 10.2 Å². The Labute approximate surface area is 118 Å². The van der Waals surface area contributed by atoms with E-state index in [0.717, 1.165) is 25.7 Å². The smallest absolute Gasteiger partial charge is 0.0236 e. The van der Waals surface area contributed by atoms with Crippen LogP contribution in [0.5, 0.6) is 0 Å². The van der Waals surface area contributed by atoms with Gasteiger partial charge in [0.15, 0.2) is 0 Å². The van der Waals surface area contributed by atoms with E-state index < -0.39 is 0 Å². The summed E-state index contributed by atoms with van der Waals surface area (Å²) in [5.74, 6) is 0. The molecule has 19 heavy (non-hydrogen) atoms. The van der Waals surface area contributed by atoms with E-state index in [2.05, 4.69) is 48.3 Å². The first-order chi connectivity index (χ1) is 9.33. The van der Waals surface area contributed by atoms with E-state index in [0.29, 0.717) is 0 Å². The van der Waals surface area contributed by atoms with Crippen LogP contribution < -0.4 is 5.32 Å². The Hall–Kier alpha value is -0.860. The number of nitrogens with zero attached hydrogens (tertiary/aromatic N) is 1. The Morgan fingerprint density at radius 1 is 1.26 bits per heavy atom. The van der Waals surface area contributed by atoms with Gasteiger partial charge in [0.25, 0.3) is 0 Å². The molecule has 1 aromatic rings. The van der Waals surface area contributed by atoms with Gasteiger partial charge < -0.3 is 5.32 Å². The standard InChI is InChI=1S/C17H28N2/c1-3-10-18-13-15-7-5-8-16(12-15)14-19-11-6-9-17(19)4-2/h5,7-8,12,17-18H,3-4,6,9-11,13-14H2,1-2H3. The van der Waals surface area contributed by atoms with Gasteiger partial charge in [-0.3, -0.25) is 4.90 Å². The zero-order valence-corrected chi connectivity index (χ0v) is 12.5. The zero-order chi connectivity index (χ0) is 13.5. The number of rotatable bonds is 7. The second-order valence-corrected chi connectivity index (χ2v) is 5.67. The van der Waals surface area contributed by atoms with Crippen molar-refractivity contribution < 1.29 is 0 Å². The number of hydrogen-bond acceptors (Lipinski definition) is 2. The molecule has 0 aliphatic carbocycles. The van der Waals surface area contributed by atoms with Crippen molar-refractivity contribution in [2.45, 2.75) is 58.7 Å². The van der Waals surface area contributed by atoms with Crippen molar-refractivity contribution in [3.05, 3.63) is 35.4 Å². The zero-order valence-electron chi connectivity index (χ0n) is 12.5. The highest BCUT2D eigenvalue weighted by Gasteiger charge is 2.22. The number of hydrogen-bond donors (Lipinski definition) is 1. The van der Waals surface area contributed by atoms with Gasteiger partial charge in [-0.2, -0.15) is 0 Å². The van der Waals surface area contributed by atoms with Crippen LogP contribution in [-0.2, 0) is 13.1 Å². The summed E-state index contributed by atoms with van der Waals surface area (Å²) in [6.07, 6.45) is 5.24. The first-order valence-electron chi connectivity index (χ1n) is 7.86. The van der Waals surface area contributed by atoms with E-state index in [1.54, 1.807) is 0 Å². The first-order valence-corrected chi connectivity index (χ1v) is 7.86. The van der Waals surface area contributed by atoms with Gasteiger partial charge in [0.2, 0.25) is 0 Å². The minimum absolute atomic E-state index is 0.807. The molecule has 1 unspecified atom stereocenters. The highest BCUT2D eigenvalue weighted by molar-refractivity contribution is 5.23. The molecular weight excluding hydrogens is 232 g/mol. The normalized spacial score (nSPS) is 20.0. The molecule has 0 aromatic heterocycles. The summed E-state index contributed by atoms with van der Waals surface area (Å²) in [6, 6.07) is 9.88. The number of nitrogens with one attached hydrogen (secondary N) is 1. The van der Waals surface area contributed by atoms with Gasteiger partial charge in [-0.15, -0.1) is 0 Å². The summed E-state index contributed by atoms with van der Waals surface area (Å²) in [6.45, 7) is 9.03. The largest absolute Gasteiger partial charge is 0.313 e. The summed E-state index contributed by atoms with van der Waals surface area (Å²) in [5.41, 5.74) is 2.88. The van der Waals surface area contributed by atoms with E-state index in [9.17, 15) is 0 Å². The maximum Gasteiger partial charge on any atom is 0.0236 e. The third-order valence-corrected chi connectivity index (χ3v) is 4.10. The van der Waals surface area contributed by atoms with Crippen molar-refractivity contribution in [1.29, 1.82) is 0 Å². The van der Waals surface area contributed by atoms with E-state index >= 15 is 0 Å². The summed E-state index contributed by atoms with van der Waals surface area (Å²) in [4.78, 5) is 2.65. The molecule has 0 spiro atoms. The van der Waals surface area contributed by atoms with E-state index in [1.807, 2.05) is 0 Å². The topological polar surface area (TPSA) is 15.3 Å². The van der Waals surface area contributed by atoms with Gasteiger partial charge in [-0.05, 0) is 49.9 Å². The number of likely N-dealkylation sites (tertiary alicyclic amines) is 1. The second-order valence-electron chi connectivity index (χ2n) is 5.67. The lowest BCUT2D eigenvalue weighted by Gasteiger charge is -2.23. The van der Waals surface area contributed by atoms with Gasteiger partial charge in [-0.1, -0.05) is 38.1 Å². The third-order valence-electron chi connectivity index (χ3n) is 4.10. The maximum absolute atomic E-state index is 3.48. The summed E-state index contributed by atoms with van der Waals surface area (Å²) >= 11 is 0. The van der Waals surface area contributed by atoms with Crippen LogP contribution in [0.2, 0.25) is 0 Å². The fraction of sp³-hybridized carbons (Fsp3) is 0.647. The van der Waals surface area contributed by atoms with Crippen LogP contribution in [0.4, 0.5) is 0 Å². The van der Waals surface area contributed by atoms with Crippen LogP contribution in [-0.4, -0.2) is 24.0 Å². The predicted octanol–water partition coefficient (Wildman–Crippen LogP) is 3.56. The van der Waals surface area contributed by atoms with Gasteiger partial charge in [0, 0.05) is 19.1 Å². The molecule has 0 bridgehead atoms. The minimum atomic E-state index is 0.807. The molecule has 2 rings (SSSR count).